The van der Waals surface area contributed by atoms with Gasteiger partial charge >= 0.3 is 0 Å². The Morgan fingerprint density at radius 3 is 2.57 bits per heavy atom. The maximum atomic E-state index is 4.50. The first-order chi connectivity index (χ1) is 10.1. The van der Waals surface area contributed by atoms with Crippen LogP contribution in [-0.4, -0.2) is 35.6 Å². The number of nitrogens with one attached hydrogen (secondary N) is 1. The van der Waals surface area contributed by atoms with Crippen molar-refractivity contribution in [3.63, 3.8) is 0 Å². The molecule has 0 fully saturated rings. The number of hydrogen-bond acceptors (Lipinski definition) is 6. The van der Waals surface area contributed by atoms with E-state index >= 15 is 0 Å². The van der Waals surface area contributed by atoms with Crippen molar-refractivity contribution in [3.05, 3.63) is 29.8 Å². The fourth-order valence-electron chi connectivity index (χ4n) is 1.68. The number of aromatic nitrogens is 3. The predicted octanol–water partition coefficient (Wildman–Crippen LogP) is 3.22. The summed E-state index contributed by atoms with van der Waals surface area (Å²) < 4.78 is 0. The van der Waals surface area contributed by atoms with Crippen LogP contribution in [0.5, 0.6) is 0 Å². The van der Waals surface area contributed by atoms with Gasteiger partial charge in [-0.15, -0.1) is 0 Å². The van der Waals surface area contributed by atoms with E-state index in [1.54, 1.807) is 11.8 Å². The van der Waals surface area contributed by atoms with Crippen molar-refractivity contribution in [1.82, 2.24) is 15.0 Å². The summed E-state index contributed by atoms with van der Waals surface area (Å²) in [6.45, 7) is 5.06. The van der Waals surface area contributed by atoms with Gasteiger partial charge in [-0.3, -0.25) is 0 Å². The number of benzene rings is 1. The molecule has 0 saturated heterocycles. The average Bonchev–Trinajstić information content (AvgIpc) is 2.47. The van der Waals surface area contributed by atoms with E-state index in [0.29, 0.717) is 17.1 Å². The third-order valence-corrected chi connectivity index (χ3v) is 3.87. The zero-order chi connectivity index (χ0) is 15.2. The largest absolute Gasteiger partial charge is 0.354 e. The molecule has 0 atom stereocenters. The van der Waals surface area contributed by atoms with Gasteiger partial charge in [0.1, 0.15) is 0 Å². The Labute approximate surface area is 130 Å². The fourth-order valence-corrected chi connectivity index (χ4v) is 2.51. The molecule has 1 aromatic heterocycles. The van der Waals surface area contributed by atoms with E-state index in [0.717, 1.165) is 17.9 Å². The Balaban J connectivity index is 2.29. The molecule has 0 aliphatic rings. The summed E-state index contributed by atoms with van der Waals surface area (Å²) in [4.78, 5) is 16.5. The molecule has 1 heterocycles. The molecule has 0 saturated carbocycles. The summed E-state index contributed by atoms with van der Waals surface area (Å²) in [6.07, 6.45) is 1.03. The van der Waals surface area contributed by atoms with E-state index in [1.165, 1.54) is 5.56 Å². The van der Waals surface area contributed by atoms with Gasteiger partial charge in [-0.1, -0.05) is 25.1 Å². The highest BCUT2D eigenvalue weighted by molar-refractivity contribution is 7.99. The minimum absolute atomic E-state index is 0.631. The molecule has 1 N–H and O–H groups in total. The molecular formula is C15H21N5S. The number of rotatable bonds is 6. The van der Waals surface area contributed by atoms with Gasteiger partial charge in [-0.25, -0.2) is 0 Å². The van der Waals surface area contributed by atoms with Crippen molar-refractivity contribution in [3.8, 4) is 0 Å². The molecule has 2 rings (SSSR count). The number of hydrogen-bond donors (Lipinski definition) is 1. The molecule has 0 radical (unpaired) electrons. The Hall–Kier alpha value is -1.82. The molecule has 0 bridgehead atoms. The molecule has 0 amide bonds. The number of anilines is 2. The summed E-state index contributed by atoms with van der Waals surface area (Å²) in [6, 6.07) is 8.23. The first kappa shape index (κ1) is 15.6. The molecule has 0 unspecified atom stereocenters. The topological polar surface area (TPSA) is 53.9 Å². The van der Waals surface area contributed by atoms with Crippen LogP contribution in [0.3, 0.4) is 0 Å². The highest BCUT2D eigenvalue weighted by Gasteiger charge is 2.10. The minimum Gasteiger partial charge on any atom is -0.354 e. The summed E-state index contributed by atoms with van der Waals surface area (Å²) in [7, 11) is 3.86. The van der Waals surface area contributed by atoms with Crippen LogP contribution in [0.1, 0.15) is 18.9 Å². The van der Waals surface area contributed by atoms with Gasteiger partial charge in [-0.2, -0.15) is 15.0 Å². The predicted molar refractivity (Wildman–Crippen MR) is 88.2 cm³/mol. The van der Waals surface area contributed by atoms with Crippen molar-refractivity contribution in [2.45, 2.75) is 30.3 Å². The lowest BCUT2D eigenvalue weighted by Gasteiger charge is -2.13. The monoisotopic (exact) mass is 303 g/mol. The second-order valence-corrected chi connectivity index (χ2v) is 5.94. The summed E-state index contributed by atoms with van der Waals surface area (Å²) >= 11 is 1.56. The Morgan fingerprint density at radius 2 is 1.90 bits per heavy atom. The van der Waals surface area contributed by atoms with Gasteiger partial charge in [0.25, 0.3) is 0 Å². The molecule has 21 heavy (non-hydrogen) atoms. The van der Waals surface area contributed by atoms with Crippen LogP contribution in [0.4, 0.5) is 11.9 Å². The quantitative estimate of drug-likeness (QED) is 0.884. The highest BCUT2D eigenvalue weighted by atomic mass is 32.2. The zero-order valence-electron chi connectivity index (χ0n) is 12.9. The van der Waals surface area contributed by atoms with Crippen molar-refractivity contribution in [2.75, 3.05) is 30.9 Å². The molecule has 5 nitrogen and oxygen atoms in total. The van der Waals surface area contributed by atoms with Crippen LogP contribution in [0, 0.1) is 6.92 Å². The van der Waals surface area contributed by atoms with Gasteiger partial charge < -0.3 is 10.2 Å². The van der Waals surface area contributed by atoms with Gasteiger partial charge in [0.15, 0.2) is 5.16 Å². The van der Waals surface area contributed by atoms with E-state index in [2.05, 4.69) is 46.2 Å². The second kappa shape index (κ2) is 7.26. The van der Waals surface area contributed by atoms with Crippen LogP contribution in [-0.2, 0) is 0 Å². The molecule has 0 spiro atoms. The number of aryl methyl sites for hydroxylation is 1. The molecule has 0 aliphatic carbocycles. The van der Waals surface area contributed by atoms with Crippen LogP contribution >= 0.6 is 11.8 Å². The second-order valence-electron chi connectivity index (χ2n) is 4.93. The van der Waals surface area contributed by atoms with E-state index in [-0.39, 0.29) is 0 Å². The third-order valence-electron chi connectivity index (χ3n) is 2.83. The maximum Gasteiger partial charge on any atom is 0.230 e. The molecule has 112 valence electrons. The van der Waals surface area contributed by atoms with Gasteiger partial charge in [0.05, 0.1) is 0 Å². The molecule has 1 aromatic carbocycles. The lowest BCUT2D eigenvalue weighted by molar-refractivity contribution is 0.851. The van der Waals surface area contributed by atoms with Crippen LogP contribution < -0.4 is 10.2 Å². The smallest absolute Gasteiger partial charge is 0.230 e. The van der Waals surface area contributed by atoms with E-state index in [1.807, 2.05) is 31.1 Å². The van der Waals surface area contributed by atoms with Gasteiger partial charge in [0.2, 0.25) is 11.9 Å². The normalized spacial score (nSPS) is 10.5. The standard InChI is InChI=1S/C15H21N5S/c1-5-10-16-13-17-14(20(3)4)19-15(18-13)21-12-9-7-6-8-11(12)2/h6-9H,5,10H2,1-4H3,(H,16,17,18,19). The maximum absolute atomic E-state index is 4.50. The fraction of sp³-hybridized carbons (Fsp3) is 0.400. The van der Waals surface area contributed by atoms with E-state index in [9.17, 15) is 0 Å². The number of nitrogens with zero attached hydrogens (tertiary/aromatic N) is 4. The van der Waals surface area contributed by atoms with Crippen LogP contribution in [0.2, 0.25) is 0 Å². The van der Waals surface area contributed by atoms with Crippen molar-refractivity contribution in [1.29, 1.82) is 0 Å². The molecule has 6 heteroatoms. The average molecular weight is 303 g/mol. The minimum atomic E-state index is 0.631. The summed E-state index contributed by atoms with van der Waals surface area (Å²) in [5.41, 5.74) is 1.22. The first-order valence-corrected chi connectivity index (χ1v) is 7.82. The molecule has 0 aliphatic heterocycles. The SMILES string of the molecule is CCCNc1nc(Sc2ccccc2C)nc(N(C)C)n1. The lowest BCUT2D eigenvalue weighted by Crippen LogP contribution is -2.16. The Bertz CT molecular complexity index is 600. The molecule has 2 aromatic rings. The van der Waals surface area contributed by atoms with Crippen molar-refractivity contribution in [2.24, 2.45) is 0 Å². The lowest BCUT2D eigenvalue weighted by atomic mass is 10.2. The van der Waals surface area contributed by atoms with Crippen molar-refractivity contribution < 1.29 is 0 Å². The third kappa shape index (κ3) is 4.32. The van der Waals surface area contributed by atoms with Crippen molar-refractivity contribution >= 4 is 23.7 Å². The Morgan fingerprint density at radius 1 is 1.14 bits per heavy atom. The first-order valence-electron chi connectivity index (χ1n) is 7.01. The van der Waals surface area contributed by atoms with E-state index < -0.39 is 0 Å². The van der Waals surface area contributed by atoms with Gasteiger partial charge in [0, 0.05) is 25.5 Å². The molecular weight excluding hydrogens is 282 g/mol. The van der Waals surface area contributed by atoms with E-state index in [4.69, 9.17) is 0 Å². The summed E-state index contributed by atoms with van der Waals surface area (Å²) in [5, 5.41) is 3.94. The van der Waals surface area contributed by atoms with Gasteiger partial charge in [-0.05, 0) is 36.7 Å². The van der Waals surface area contributed by atoms with Crippen LogP contribution in [0.25, 0.3) is 0 Å². The van der Waals surface area contributed by atoms with Crippen LogP contribution in [0.15, 0.2) is 34.3 Å². The highest BCUT2D eigenvalue weighted by Crippen LogP contribution is 2.28. The zero-order valence-corrected chi connectivity index (χ0v) is 13.7. The summed E-state index contributed by atoms with van der Waals surface area (Å²) in [5.74, 6) is 1.30. The Kier molecular flexibility index (Phi) is 5.38.